The molecule has 0 heterocycles. The van der Waals surface area contributed by atoms with Crippen molar-refractivity contribution in [1.82, 2.24) is 0 Å². The molecule has 0 saturated heterocycles. The number of rotatable bonds is 4. The summed E-state index contributed by atoms with van der Waals surface area (Å²) in [6, 6.07) is 0. The van der Waals surface area contributed by atoms with E-state index in [9.17, 15) is 0 Å². The highest BCUT2D eigenvalue weighted by molar-refractivity contribution is 5.75. The minimum absolute atomic E-state index is 0. The molecule has 2 aliphatic rings. The first-order valence-electron chi connectivity index (χ1n) is 7.86. The van der Waals surface area contributed by atoms with Gasteiger partial charge in [-0.15, -0.1) is 0 Å². The Balaban J connectivity index is 0.000000284. The maximum absolute atomic E-state index is 2.29. The molecule has 2 aliphatic carbocycles. The maximum atomic E-state index is 2.29. The summed E-state index contributed by atoms with van der Waals surface area (Å²) in [6.45, 7) is 4.58. The SMILES string of the molecule is CCCC1CCCC1.CCCC1CCCC1.[Mg]. The van der Waals surface area contributed by atoms with Gasteiger partial charge in [0, 0.05) is 23.1 Å². The summed E-state index contributed by atoms with van der Waals surface area (Å²) in [5.74, 6) is 2.22. The lowest BCUT2D eigenvalue weighted by atomic mass is 10.0. The van der Waals surface area contributed by atoms with Crippen molar-refractivity contribution in [3.63, 3.8) is 0 Å². The summed E-state index contributed by atoms with van der Waals surface area (Å²) in [5.41, 5.74) is 0. The zero-order valence-electron chi connectivity index (χ0n) is 12.3. The number of hydrogen-bond donors (Lipinski definition) is 0. The normalized spacial score (nSPS) is 20.8. The van der Waals surface area contributed by atoms with E-state index in [1.54, 1.807) is 0 Å². The fourth-order valence-corrected chi connectivity index (χ4v) is 3.41. The first kappa shape index (κ1) is 17.8. The Morgan fingerprint density at radius 2 is 0.941 bits per heavy atom. The zero-order valence-corrected chi connectivity index (χ0v) is 13.8. The zero-order chi connectivity index (χ0) is 11.6. The fourth-order valence-electron chi connectivity index (χ4n) is 3.41. The summed E-state index contributed by atoms with van der Waals surface area (Å²) >= 11 is 0. The van der Waals surface area contributed by atoms with Crippen molar-refractivity contribution < 1.29 is 0 Å². The largest absolute Gasteiger partial charge is 0.0654 e. The molecule has 2 saturated carbocycles. The van der Waals surface area contributed by atoms with E-state index in [1.807, 2.05) is 0 Å². The fraction of sp³-hybridized carbons (Fsp3) is 1.00. The van der Waals surface area contributed by atoms with Gasteiger partial charge in [-0.2, -0.15) is 0 Å². The van der Waals surface area contributed by atoms with Crippen LogP contribution in [-0.4, -0.2) is 23.1 Å². The smallest absolute Gasteiger partial charge is 0 e. The lowest BCUT2D eigenvalue weighted by Gasteiger charge is -2.03. The van der Waals surface area contributed by atoms with Crippen molar-refractivity contribution in [2.24, 2.45) is 11.8 Å². The monoisotopic (exact) mass is 248 g/mol. The van der Waals surface area contributed by atoms with Gasteiger partial charge in [0.1, 0.15) is 0 Å². The van der Waals surface area contributed by atoms with Crippen LogP contribution in [0.5, 0.6) is 0 Å². The van der Waals surface area contributed by atoms with Gasteiger partial charge in [-0.25, -0.2) is 0 Å². The molecular weight excluding hydrogens is 216 g/mol. The highest BCUT2D eigenvalue weighted by atomic mass is 24.3. The Kier molecular flexibility index (Phi) is 12.4. The average molecular weight is 249 g/mol. The molecule has 0 N–H and O–H groups in total. The topological polar surface area (TPSA) is 0 Å². The number of hydrogen-bond acceptors (Lipinski definition) is 0. The standard InChI is InChI=1S/2C8H16.Mg/c2*1-2-5-8-6-3-4-7-8;/h2*8H,2-7H2,1H3;. The van der Waals surface area contributed by atoms with Crippen LogP contribution < -0.4 is 0 Å². The van der Waals surface area contributed by atoms with Crippen LogP contribution in [0.1, 0.15) is 90.9 Å². The van der Waals surface area contributed by atoms with E-state index < -0.39 is 0 Å². The van der Waals surface area contributed by atoms with Crippen LogP contribution in [0.4, 0.5) is 0 Å². The van der Waals surface area contributed by atoms with Crippen molar-refractivity contribution in [3.8, 4) is 0 Å². The van der Waals surface area contributed by atoms with Crippen molar-refractivity contribution in [3.05, 3.63) is 0 Å². The minimum Gasteiger partial charge on any atom is -0.0654 e. The molecule has 0 nitrogen and oxygen atoms in total. The lowest BCUT2D eigenvalue weighted by molar-refractivity contribution is 0.496. The van der Waals surface area contributed by atoms with Gasteiger partial charge in [-0.05, 0) is 11.8 Å². The average Bonchev–Trinajstić information content (AvgIpc) is 2.92. The van der Waals surface area contributed by atoms with Crippen LogP contribution in [0.15, 0.2) is 0 Å². The summed E-state index contributed by atoms with van der Waals surface area (Å²) in [5, 5.41) is 0. The summed E-state index contributed by atoms with van der Waals surface area (Å²) in [6.07, 6.45) is 17.9. The first-order chi connectivity index (χ1) is 7.86. The van der Waals surface area contributed by atoms with Crippen molar-refractivity contribution >= 4 is 23.1 Å². The second-order valence-electron chi connectivity index (χ2n) is 5.88. The molecule has 0 aromatic carbocycles. The third kappa shape index (κ3) is 8.48. The molecule has 0 bridgehead atoms. The summed E-state index contributed by atoms with van der Waals surface area (Å²) < 4.78 is 0. The quantitative estimate of drug-likeness (QED) is 0.571. The molecule has 98 valence electrons. The molecule has 2 radical (unpaired) electrons. The van der Waals surface area contributed by atoms with Crippen LogP contribution >= 0.6 is 0 Å². The Morgan fingerprint density at radius 3 is 1.18 bits per heavy atom. The predicted molar refractivity (Wildman–Crippen MR) is 79.5 cm³/mol. The molecule has 0 aromatic rings. The van der Waals surface area contributed by atoms with E-state index >= 15 is 0 Å². The van der Waals surface area contributed by atoms with Crippen LogP contribution in [0.2, 0.25) is 0 Å². The second-order valence-corrected chi connectivity index (χ2v) is 5.88. The van der Waals surface area contributed by atoms with Gasteiger partial charge >= 0.3 is 0 Å². The molecule has 1 heteroatoms. The van der Waals surface area contributed by atoms with Crippen molar-refractivity contribution in [2.75, 3.05) is 0 Å². The van der Waals surface area contributed by atoms with E-state index in [1.165, 1.54) is 77.0 Å². The third-order valence-corrected chi connectivity index (χ3v) is 4.34. The molecule has 2 rings (SSSR count). The molecule has 0 spiro atoms. The maximum Gasteiger partial charge on any atom is 0 e. The third-order valence-electron chi connectivity index (χ3n) is 4.34. The molecule has 0 atom stereocenters. The van der Waals surface area contributed by atoms with Crippen LogP contribution in [0.3, 0.4) is 0 Å². The van der Waals surface area contributed by atoms with Gasteiger partial charge < -0.3 is 0 Å². The van der Waals surface area contributed by atoms with E-state index in [2.05, 4.69) is 13.8 Å². The summed E-state index contributed by atoms with van der Waals surface area (Å²) in [4.78, 5) is 0. The molecule has 0 aromatic heterocycles. The first-order valence-corrected chi connectivity index (χ1v) is 7.86. The van der Waals surface area contributed by atoms with Crippen molar-refractivity contribution in [1.29, 1.82) is 0 Å². The van der Waals surface area contributed by atoms with E-state index in [0.717, 1.165) is 11.8 Å². The van der Waals surface area contributed by atoms with E-state index in [-0.39, 0.29) is 23.1 Å². The van der Waals surface area contributed by atoms with E-state index in [0.29, 0.717) is 0 Å². The Morgan fingerprint density at radius 1 is 0.647 bits per heavy atom. The van der Waals surface area contributed by atoms with Gasteiger partial charge in [0.05, 0.1) is 0 Å². The van der Waals surface area contributed by atoms with Gasteiger partial charge in [-0.3, -0.25) is 0 Å². The van der Waals surface area contributed by atoms with Gasteiger partial charge in [-0.1, -0.05) is 90.9 Å². The van der Waals surface area contributed by atoms with Crippen LogP contribution in [-0.2, 0) is 0 Å². The van der Waals surface area contributed by atoms with Gasteiger partial charge in [0.25, 0.3) is 0 Å². The van der Waals surface area contributed by atoms with Gasteiger partial charge in [0.2, 0.25) is 0 Å². The lowest BCUT2D eigenvalue weighted by Crippen LogP contribution is -1.89. The van der Waals surface area contributed by atoms with Crippen LogP contribution in [0.25, 0.3) is 0 Å². The molecular formula is C16H32Mg. The molecule has 0 unspecified atom stereocenters. The minimum atomic E-state index is 0. The highest BCUT2D eigenvalue weighted by Gasteiger charge is 2.13. The second kappa shape index (κ2) is 11.8. The predicted octanol–water partition coefficient (Wildman–Crippen LogP) is 5.57. The molecule has 2 fully saturated rings. The Bertz CT molecular complexity index is 126. The Labute approximate surface area is 125 Å². The molecule has 0 amide bonds. The molecule has 17 heavy (non-hydrogen) atoms. The Hall–Kier alpha value is 0.766. The van der Waals surface area contributed by atoms with Gasteiger partial charge in [0.15, 0.2) is 0 Å². The molecule has 0 aliphatic heterocycles. The van der Waals surface area contributed by atoms with Crippen LogP contribution in [0, 0.1) is 11.8 Å². The summed E-state index contributed by atoms with van der Waals surface area (Å²) in [7, 11) is 0. The van der Waals surface area contributed by atoms with Crippen molar-refractivity contribution in [2.45, 2.75) is 90.9 Å². The van der Waals surface area contributed by atoms with E-state index in [4.69, 9.17) is 0 Å². The highest BCUT2D eigenvalue weighted by Crippen LogP contribution is 2.28.